The molecule has 0 heterocycles. The Morgan fingerprint density at radius 1 is 1.41 bits per heavy atom. The number of anilines is 2. The van der Waals surface area contributed by atoms with E-state index in [1.54, 1.807) is 32.3 Å². The third-order valence-corrected chi connectivity index (χ3v) is 3.58. The highest BCUT2D eigenvalue weighted by atomic mass is 19.3. The van der Waals surface area contributed by atoms with Gasteiger partial charge in [0.2, 0.25) is 5.91 Å². The van der Waals surface area contributed by atoms with Crippen LogP contribution in [0, 0.1) is 5.92 Å². The molecule has 0 aliphatic heterocycles. The minimum atomic E-state index is -2.98. The van der Waals surface area contributed by atoms with E-state index in [1.165, 1.54) is 18.2 Å². The van der Waals surface area contributed by atoms with Gasteiger partial charge in [0.25, 0.3) is 5.92 Å². The minimum Gasteiger partial charge on any atom is -0.386 e. The van der Waals surface area contributed by atoms with E-state index in [-0.39, 0.29) is 5.91 Å². The molecular weight excluding hydrogens is 352 g/mol. The summed E-state index contributed by atoms with van der Waals surface area (Å²) in [5.74, 6) is -2.34. The molecule has 0 atom stereocenters. The van der Waals surface area contributed by atoms with Crippen LogP contribution in [0.4, 0.5) is 25.8 Å². The summed E-state index contributed by atoms with van der Waals surface area (Å²) in [5.41, 5.74) is 1.56. The second-order valence-corrected chi connectivity index (χ2v) is 6.62. The zero-order chi connectivity index (χ0) is 21.0. The maximum atomic E-state index is 12.8. The van der Waals surface area contributed by atoms with Crippen LogP contribution in [0.1, 0.15) is 41.0 Å². The number of ether oxygens (including phenoxy) is 1. The van der Waals surface area contributed by atoms with Gasteiger partial charge in [-0.1, -0.05) is 13.8 Å². The van der Waals surface area contributed by atoms with Crippen molar-refractivity contribution in [3.8, 4) is 0 Å². The predicted octanol–water partition coefficient (Wildman–Crippen LogP) is 5.14. The lowest BCUT2D eigenvalue weighted by atomic mass is 10.1. The highest BCUT2D eigenvalue weighted by Crippen LogP contribution is 2.30. The van der Waals surface area contributed by atoms with E-state index < -0.39 is 5.92 Å². The molecule has 1 N–H and O–H groups in total. The predicted molar refractivity (Wildman–Crippen MR) is 110 cm³/mol. The molecule has 0 spiro atoms. The summed E-state index contributed by atoms with van der Waals surface area (Å²) in [6, 6.07) is 4.99. The number of hydrogen-bond donors (Lipinski definition) is 1. The molecule has 0 unspecified atom stereocenters. The molecular formula is C20H33F2N3O2. The molecule has 1 amide bonds. The standard InChI is InChI=1S/C13H17F2N3O.C7H16O/c1-9(19)18(4)10-5-6-11(16-3)12(7-10)17-8-13(2,14)15;1-4-8-6-5-7(2)3/h5-8,16H,1-4H3;7H,4-6H2,1-3H3. The van der Waals surface area contributed by atoms with Crippen LogP contribution < -0.4 is 10.2 Å². The number of carbonyl (C=O) groups excluding carboxylic acids is 1. The van der Waals surface area contributed by atoms with Gasteiger partial charge in [-0.3, -0.25) is 9.79 Å². The number of halogens is 2. The van der Waals surface area contributed by atoms with Crippen molar-refractivity contribution >= 4 is 29.2 Å². The van der Waals surface area contributed by atoms with E-state index in [4.69, 9.17) is 4.74 Å². The van der Waals surface area contributed by atoms with Gasteiger partial charge in [-0.2, -0.15) is 0 Å². The smallest absolute Gasteiger partial charge is 0.280 e. The van der Waals surface area contributed by atoms with Crippen molar-refractivity contribution < 1.29 is 18.3 Å². The summed E-state index contributed by atoms with van der Waals surface area (Å²) < 4.78 is 30.7. The van der Waals surface area contributed by atoms with E-state index in [1.807, 2.05) is 6.92 Å². The Bertz CT molecular complexity index is 599. The van der Waals surface area contributed by atoms with Crippen molar-refractivity contribution in [3.05, 3.63) is 18.2 Å². The van der Waals surface area contributed by atoms with E-state index in [9.17, 15) is 13.6 Å². The molecule has 0 aliphatic carbocycles. The molecule has 0 saturated heterocycles. The molecule has 0 fully saturated rings. The average Bonchev–Trinajstić information content (AvgIpc) is 2.58. The second-order valence-electron chi connectivity index (χ2n) is 6.62. The number of carbonyl (C=O) groups is 1. The molecule has 0 aliphatic rings. The van der Waals surface area contributed by atoms with Crippen LogP contribution in [0.5, 0.6) is 0 Å². The fraction of sp³-hybridized carbons (Fsp3) is 0.600. The average molecular weight is 385 g/mol. The maximum Gasteiger partial charge on any atom is 0.280 e. The van der Waals surface area contributed by atoms with Crippen molar-refractivity contribution in [2.24, 2.45) is 10.9 Å². The summed E-state index contributed by atoms with van der Waals surface area (Å²) in [6.45, 7) is 10.4. The first-order chi connectivity index (χ1) is 12.5. The third-order valence-electron chi connectivity index (χ3n) is 3.58. The van der Waals surface area contributed by atoms with Crippen LogP contribution in [-0.4, -0.2) is 45.4 Å². The van der Waals surface area contributed by atoms with Crippen molar-refractivity contribution in [1.29, 1.82) is 0 Å². The van der Waals surface area contributed by atoms with Gasteiger partial charge < -0.3 is 15.0 Å². The highest BCUT2D eigenvalue weighted by Gasteiger charge is 2.17. The third kappa shape index (κ3) is 11.3. The Morgan fingerprint density at radius 2 is 2.04 bits per heavy atom. The van der Waals surface area contributed by atoms with Gasteiger partial charge in [0.05, 0.1) is 17.6 Å². The first kappa shape index (κ1) is 25.0. The molecule has 5 nitrogen and oxygen atoms in total. The zero-order valence-corrected chi connectivity index (χ0v) is 17.5. The van der Waals surface area contributed by atoms with E-state index in [0.29, 0.717) is 23.3 Å². The number of alkyl halides is 2. The van der Waals surface area contributed by atoms with Gasteiger partial charge in [0, 0.05) is 46.8 Å². The number of rotatable bonds is 8. The SMILES string of the molecule is CCOCCC(C)C.CNc1ccc(N(C)C(C)=O)cc1N=CC(C)(F)F. The van der Waals surface area contributed by atoms with Gasteiger partial charge in [-0.25, -0.2) is 8.78 Å². The number of hydrogen-bond acceptors (Lipinski definition) is 4. The van der Waals surface area contributed by atoms with Gasteiger partial charge in [0.15, 0.2) is 0 Å². The lowest BCUT2D eigenvalue weighted by Gasteiger charge is -2.16. The fourth-order valence-corrected chi connectivity index (χ4v) is 1.87. The first-order valence-electron chi connectivity index (χ1n) is 9.08. The number of aliphatic imine (C=N–C) groups is 1. The Balaban J connectivity index is 0.000000713. The molecule has 0 aromatic heterocycles. The molecule has 7 heteroatoms. The van der Waals surface area contributed by atoms with E-state index in [2.05, 4.69) is 24.2 Å². The summed E-state index contributed by atoms with van der Waals surface area (Å²) in [4.78, 5) is 16.5. The topological polar surface area (TPSA) is 53.9 Å². The number of nitrogens with zero attached hydrogens (tertiary/aromatic N) is 2. The Kier molecular flexibility index (Phi) is 11.5. The Labute approximate surface area is 161 Å². The summed E-state index contributed by atoms with van der Waals surface area (Å²) >= 11 is 0. The Morgan fingerprint density at radius 3 is 2.48 bits per heavy atom. The van der Waals surface area contributed by atoms with Crippen molar-refractivity contribution in [2.75, 3.05) is 37.5 Å². The van der Waals surface area contributed by atoms with Crippen LogP contribution >= 0.6 is 0 Å². The number of benzene rings is 1. The molecule has 0 bridgehead atoms. The number of nitrogens with one attached hydrogen (secondary N) is 1. The lowest BCUT2D eigenvalue weighted by Crippen LogP contribution is -2.22. The highest BCUT2D eigenvalue weighted by molar-refractivity contribution is 5.92. The van der Waals surface area contributed by atoms with Crippen LogP contribution in [0.15, 0.2) is 23.2 Å². The van der Waals surface area contributed by atoms with Gasteiger partial charge in [-0.05, 0) is 37.5 Å². The summed E-state index contributed by atoms with van der Waals surface area (Å²) in [6.07, 6.45) is 1.77. The summed E-state index contributed by atoms with van der Waals surface area (Å²) in [7, 11) is 3.28. The van der Waals surface area contributed by atoms with Crippen LogP contribution in [0.2, 0.25) is 0 Å². The minimum absolute atomic E-state index is 0.145. The molecule has 154 valence electrons. The van der Waals surface area contributed by atoms with Crippen molar-refractivity contribution in [3.63, 3.8) is 0 Å². The fourth-order valence-electron chi connectivity index (χ4n) is 1.87. The monoisotopic (exact) mass is 385 g/mol. The molecule has 27 heavy (non-hydrogen) atoms. The summed E-state index contributed by atoms with van der Waals surface area (Å²) in [5, 5.41) is 2.87. The molecule has 0 saturated carbocycles. The van der Waals surface area contributed by atoms with Gasteiger partial charge >= 0.3 is 0 Å². The van der Waals surface area contributed by atoms with E-state index >= 15 is 0 Å². The Hall–Kier alpha value is -2.02. The van der Waals surface area contributed by atoms with Crippen molar-refractivity contribution in [1.82, 2.24) is 0 Å². The van der Waals surface area contributed by atoms with Crippen LogP contribution in [0.3, 0.4) is 0 Å². The maximum absolute atomic E-state index is 12.8. The largest absolute Gasteiger partial charge is 0.386 e. The van der Waals surface area contributed by atoms with Crippen molar-refractivity contribution in [2.45, 2.75) is 47.0 Å². The lowest BCUT2D eigenvalue weighted by molar-refractivity contribution is -0.116. The van der Waals surface area contributed by atoms with Crippen LogP contribution in [0.25, 0.3) is 0 Å². The quantitative estimate of drug-likeness (QED) is 0.498. The second kappa shape index (κ2) is 12.4. The number of amides is 1. The molecule has 1 rings (SSSR count). The van der Waals surface area contributed by atoms with Gasteiger partial charge in [0.1, 0.15) is 0 Å². The first-order valence-corrected chi connectivity index (χ1v) is 9.08. The van der Waals surface area contributed by atoms with Crippen LogP contribution in [-0.2, 0) is 9.53 Å². The molecule has 1 aromatic carbocycles. The normalized spacial score (nSPS) is 11.3. The zero-order valence-electron chi connectivity index (χ0n) is 17.5. The molecule has 1 aromatic rings. The molecule has 0 radical (unpaired) electrons. The van der Waals surface area contributed by atoms with Gasteiger partial charge in [-0.15, -0.1) is 0 Å². The van der Waals surface area contributed by atoms with E-state index in [0.717, 1.165) is 26.1 Å².